The van der Waals surface area contributed by atoms with Gasteiger partial charge in [-0.15, -0.1) is 5.10 Å². The van der Waals surface area contributed by atoms with Gasteiger partial charge in [0.15, 0.2) is 5.69 Å². The lowest BCUT2D eigenvalue weighted by Crippen LogP contribution is -2.15. The summed E-state index contributed by atoms with van der Waals surface area (Å²) in [6.07, 6.45) is 0.770. The van der Waals surface area contributed by atoms with Gasteiger partial charge >= 0.3 is 11.9 Å². The van der Waals surface area contributed by atoms with E-state index in [0.717, 1.165) is 6.42 Å². The SMILES string of the molecule is CCCn1nnc(C(=O)OC)c1CC(=O)OC. The molecule has 7 heteroatoms. The van der Waals surface area contributed by atoms with E-state index in [1.807, 2.05) is 6.92 Å². The summed E-state index contributed by atoms with van der Waals surface area (Å²) in [4.78, 5) is 22.7. The number of rotatable bonds is 5. The van der Waals surface area contributed by atoms with Crippen LogP contribution in [0.3, 0.4) is 0 Å². The van der Waals surface area contributed by atoms with Crippen LogP contribution in [-0.4, -0.2) is 41.2 Å². The fourth-order valence-corrected chi connectivity index (χ4v) is 1.36. The first kappa shape index (κ1) is 13.1. The predicted octanol–water partition coefficient (Wildman–Crippen LogP) is 0.190. The van der Waals surface area contributed by atoms with Crippen LogP contribution in [0, 0.1) is 0 Å². The van der Waals surface area contributed by atoms with Crippen molar-refractivity contribution in [2.75, 3.05) is 14.2 Å². The monoisotopic (exact) mass is 241 g/mol. The highest BCUT2D eigenvalue weighted by Gasteiger charge is 2.22. The molecular weight excluding hydrogens is 226 g/mol. The van der Waals surface area contributed by atoms with Gasteiger partial charge in [0, 0.05) is 6.54 Å². The minimum atomic E-state index is -0.605. The molecule has 0 amide bonds. The topological polar surface area (TPSA) is 83.3 Å². The number of esters is 2. The Hall–Kier alpha value is -1.92. The summed E-state index contributed by atoms with van der Waals surface area (Å²) in [7, 11) is 2.54. The van der Waals surface area contributed by atoms with Crippen LogP contribution < -0.4 is 0 Å². The molecule has 0 N–H and O–H groups in total. The fraction of sp³-hybridized carbons (Fsp3) is 0.600. The lowest BCUT2D eigenvalue weighted by atomic mass is 10.2. The molecule has 0 aromatic carbocycles. The molecule has 1 rings (SSSR count). The molecule has 17 heavy (non-hydrogen) atoms. The van der Waals surface area contributed by atoms with E-state index in [1.54, 1.807) is 0 Å². The van der Waals surface area contributed by atoms with Crippen molar-refractivity contribution in [3.8, 4) is 0 Å². The zero-order valence-corrected chi connectivity index (χ0v) is 10.1. The van der Waals surface area contributed by atoms with E-state index in [0.29, 0.717) is 12.2 Å². The maximum atomic E-state index is 11.4. The molecule has 1 aromatic heterocycles. The highest BCUT2D eigenvalue weighted by Crippen LogP contribution is 2.09. The van der Waals surface area contributed by atoms with Crippen molar-refractivity contribution < 1.29 is 19.1 Å². The zero-order chi connectivity index (χ0) is 12.8. The van der Waals surface area contributed by atoms with Crippen molar-refractivity contribution in [1.82, 2.24) is 15.0 Å². The molecule has 1 heterocycles. The van der Waals surface area contributed by atoms with E-state index >= 15 is 0 Å². The molecular formula is C10H15N3O4. The Labute approximate surface area is 98.7 Å². The quantitative estimate of drug-likeness (QED) is 0.684. The maximum Gasteiger partial charge on any atom is 0.360 e. The number of ether oxygens (including phenoxy) is 2. The number of methoxy groups -OCH3 is 2. The molecule has 94 valence electrons. The van der Waals surface area contributed by atoms with E-state index in [-0.39, 0.29) is 12.1 Å². The molecule has 0 radical (unpaired) electrons. The van der Waals surface area contributed by atoms with Gasteiger partial charge in [-0.1, -0.05) is 12.1 Å². The van der Waals surface area contributed by atoms with E-state index in [1.165, 1.54) is 18.9 Å². The summed E-state index contributed by atoms with van der Waals surface area (Å²) < 4.78 is 10.7. The van der Waals surface area contributed by atoms with Gasteiger partial charge in [0.25, 0.3) is 0 Å². The molecule has 7 nitrogen and oxygen atoms in total. The Kier molecular flexibility index (Phi) is 4.62. The largest absolute Gasteiger partial charge is 0.469 e. The summed E-state index contributed by atoms with van der Waals surface area (Å²) in [6.45, 7) is 2.54. The third-order valence-corrected chi connectivity index (χ3v) is 2.19. The van der Waals surface area contributed by atoms with Crippen LogP contribution in [0.15, 0.2) is 0 Å². The Morgan fingerprint density at radius 1 is 1.29 bits per heavy atom. The minimum Gasteiger partial charge on any atom is -0.469 e. The number of aromatic nitrogens is 3. The van der Waals surface area contributed by atoms with Gasteiger partial charge < -0.3 is 9.47 Å². The molecule has 0 saturated heterocycles. The molecule has 0 spiro atoms. The van der Waals surface area contributed by atoms with Gasteiger partial charge in [0.05, 0.1) is 26.3 Å². The highest BCUT2D eigenvalue weighted by atomic mass is 16.5. The summed E-state index contributed by atoms with van der Waals surface area (Å²) in [5.41, 5.74) is 0.483. The van der Waals surface area contributed by atoms with Gasteiger partial charge in [-0.3, -0.25) is 4.79 Å². The Morgan fingerprint density at radius 3 is 2.53 bits per heavy atom. The molecule has 0 aliphatic heterocycles. The van der Waals surface area contributed by atoms with Crippen LogP contribution in [0.25, 0.3) is 0 Å². The van der Waals surface area contributed by atoms with Crippen LogP contribution in [0.5, 0.6) is 0 Å². The average Bonchev–Trinajstić information content (AvgIpc) is 2.72. The number of hydrogen-bond acceptors (Lipinski definition) is 6. The summed E-state index contributed by atoms with van der Waals surface area (Å²) in [5.74, 6) is -1.05. The van der Waals surface area contributed by atoms with Crippen LogP contribution in [0.2, 0.25) is 0 Å². The second kappa shape index (κ2) is 5.97. The lowest BCUT2D eigenvalue weighted by molar-refractivity contribution is -0.139. The first-order valence-electron chi connectivity index (χ1n) is 5.21. The first-order chi connectivity index (χ1) is 8.13. The van der Waals surface area contributed by atoms with Gasteiger partial charge in [0.2, 0.25) is 0 Å². The van der Waals surface area contributed by atoms with Crippen LogP contribution in [-0.2, 0) is 27.2 Å². The van der Waals surface area contributed by atoms with Crippen molar-refractivity contribution in [3.63, 3.8) is 0 Å². The van der Waals surface area contributed by atoms with Crippen LogP contribution in [0.1, 0.15) is 29.5 Å². The van der Waals surface area contributed by atoms with E-state index in [9.17, 15) is 9.59 Å². The van der Waals surface area contributed by atoms with E-state index in [4.69, 9.17) is 0 Å². The Morgan fingerprint density at radius 2 is 2.00 bits per heavy atom. The van der Waals surface area contributed by atoms with E-state index < -0.39 is 11.9 Å². The molecule has 0 aliphatic carbocycles. The van der Waals surface area contributed by atoms with Gasteiger partial charge in [-0.2, -0.15) is 0 Å². The maximum absolute atomic E-state index is 11.4. The minimum absolute atomic E-state index is 0.0477. The average molecular weight is 241 g/mol. The summed E-state index contributed by atoms with van der Waals surface area (Å²) >= 11 is 0. The third kappa shape index (κ3) is 3.02. The van der Waals surface area contributed by atoms with E-state index in [2.05, 4.69) is 19.8 Å². The first-order valence-corrected chi connectivity index (χ1v) is 5.21. The molecule has 0 bridgehead atoms. The standard InChI is InChI=1S/C10H15N3O4/c1-4-5-13-7(6-8(14)16-2)9(11-12-13)10(15)17-3/h4-6H2,1-3H3. The molecule has 0 atom stereocenters. The smallest absolute Gasteiger partial charge is 0.360 e. The highest BCUT2D eigenvalue weighted by molar-refractivity contribution is 5.89. The van der Waals surface area contributed by atoms with Crippen LogP contribution in [0.4, 0.5) is 0 Å². The van der Waals surface area contributed by atoms with Crippen LogP contribution >= 0.6 is 0 Å². The van der Waals surface area contributed by atoms with Gasteiger partial charge in [-0.05, 0) is 6.42 Å². The molecule has 0 aliphatic rings. The zero-order valence-electron chi connectivity index (χ0n) is 10.1. The second-order valence-corrected chi connectivity index (χ2v) is 3.35. The fourth-order valence-electron chi connectivity index (χ4n) is 1.36. The Bertz CT molecular complexity index is 414. The van der Waals surface area contributed by atoms with Gasteiger partial charge in [-0.25, -0.2) is 9.48 Å². The van der Waals surface area contributed by atoms with Crippen molar-refractivity contribution in [2.45, 2.75) is 26.3 Å². The normalized spacial score (nSPS) is 10.1. The molecule has 0 saturated carbocycles. The van der Waals surface area contributed by atoms with Crippen molar-refractivity contribution in [3.05, 3.63) is 11.4 Å². The Balaban J connectivity index is 3.05. The number of carbonyl (C=O) groups is 2. The summed E-state index contributed by atoms with van der Waals surface area (Å²) in [5, 5.41) is 7.54. The summed E-state index contributed by atoms with van der Waals surface area (Å²) in [6, 6.07) is 0. The molecule has 0 unspecified atom stereocenters. The number of hydrogen-bond donors (Lipinski definition) is 0. The molecule has 1 aromatic rings. The van der Waals surface area contributed by atoms with Crippen molar-refractivity contribution >= 4 is 11.9 Å². The number of aryl methyl sites for hydroxylation is 1. The van der Waals surface area contributed by atoms with Crippen molar-refractivity contribution in [1.29, 1.82) is 0 Å². The second-order valence-electron chi connectivity index (χ2n) is 3.35. The van der Waals surface area contributed by atoms with Crippen molar-refractivity contribution in [2.24, 2.45) is 0 Å². The number of carbonyl (C=O) groups excluding carboxylic acids is 2. The lowest BCUT2D eigenvalue weighted by Gasteiger charge is -2.05. The number of nitrogens with zero attached hydrogens (tertiary/aromatic N) is 3. The van der Waals surface area contributed by atoms with Gasteiger partial charge in [0.1, 0.15) is 0 Å². The predicted molar refractivity (Wildman–Crippen MR) is 57.4 cm³/mol. The molecule has 0 fully saturated rings. The third-order valence-electron chi connectivity index (χ3n) is 2.19.